The van der Waals surface area contributed by atoms with Gasteiger partial charge in [-0.2, -0.15) is 0 Å². The van der Waals surface area contributed by atoms with E-state index in [1.807, 2.05) is 20.8 Å². The van der Waals surface area contributed by atoms with Gasteiger partial charge < -0.3 is 29.1 Å². The van der Waals surface area contributed by atoms with E-state index in [0.29, 0.717) is 43.3 Å². The van der Waals surface area contributed by atoms with E-state index >= 15 is 0 Å². The Bertz CT molecular complexity index is 745. The molecule has 0 radical (unpaired) electrons. The standard InChI is InChI=1S/C21H30N2O6/c1-21(2,3)29-20(26)22-7-4-13(5-8-22)6-9-23-18(24)14-10-16-17(28-12-27-16)11-15(14)19(23)25/h10,13,15,19,25H,4-9,11-12H2,1-3H3. The molecular formula is C21H30N2O6. The lowest BCUT2D eigenvalue weighted by atomic mass is 9.91. The molecule has 29 heavy (non-hydrogen) atoms. The lowest BCUT2D eigenvalue weighted by Gasteiger charge is -2.34. The zero-order chi connectivity index (χ0) is 20.8. The molecule has 1 N–H and O–H groups in total. The Balaban J connectivity index is 1.28. The molecule has 0 aromatic heterocycles. The van der Waals surface area contributed by atoms with Crippen molar-refractivity contribution >= 4 is 12.0 Å². The summed E-state index contributed by atoms with van der Waals surface area (Å²) in [5.74, 6) is 1.39. The van der Waals surface area contributed by atoms with Crippen LogP contribution in [0.2, 0.25) is 0 Å². The number of ether oxygens (including phenoxy) is 3. The smallest absolute Gasteiger partial charge is 0.410 e. The number of likely N-dealkylation sites (tertiary alicyclic amines) is 2. The first-order chi connectivity index (χ1) is 13.7. The molecule has 4 aliphatic rings. The number of hydrogen-bond donors (Lipinski definition) is 1. The third kappa shape index (κ3) is 4.08. The number of piperidine rings is 1. The monoisotopic (exact) mass is 406 g/mol. The van der Waals surface area contributed by atoms with E-state index in [0.717, 1.165) is 25.0 Å². The molecule has 1 aliphatic carbocycles. The molecule has 8 nitrogen and oxygen atoms in total. The van der Waals surface area contributed by atoms with Gasteiger partial charge in [-0.15, -0.1) is 0 Å². The van der Waals surface area contributed by atoms with E-state index in [2.05, 4.69) is 0 Å². The van der Waals surface area contributed by atoms with Crippen LogP contribution < -0.4 is 0 Å². The molecule has 4 rings (SSSR count). The average Bonchev–Trinajstić information content (AvgIpc) is 3.21. The zero-order valence-electron chi connectivity index (χ0n) is 17.3. The summed E-state index contributed by atoms with van der Waals surface area (Å²) in [7, 11) is 0. The van der Waals surface area contributed by atoms with E-state index in [1.165, 1.54) is 0 Å². The van der Waals surface area contributed by atoms with E-state index in [9.17, 15) is 14.7 Å². The van der Waals surface area contributed by atoms with Gasteiger partial charge in [0.2, 0.25) is 6.79 Å². The highest BCUT2D eigenvalue weighted by atomic mass is 16.7. The highest BCUT2D eigenvalue weighted by Crippen LogP contribution is 2.41. The van der Waals surface area contributed by atoms with Crippen molar-refractivity contribution in [2.24, 2.45) is 11.8 Å². The molecule has 0 aromatic carbocycles. The molecule has 2 saturated heterocycles. The van der Waals surface area contributed by atoms with Crippen molar-refractivity contribution < 1.29 is 28.9 Å². The highest BCUT2D eigenvalue weighted by Gasteiger charge is 2.46. The fraction of sp³-hybridized carbons (Fsp3) is 0.714. The van der Waals surface area contributed by atoms with Crippen molar-refractivity contribution in [3.8, 4) is 0 Å². The summed E-state index contributed by atoms with van der Waals surface area (Å²) in [6.07, 6.45) is 3.70. The molecule has 0 spiro atoms. The van der Waals surface area contributed by atoms with Gasteiger partial charge in [-0.1, -0.05) is 0 Å². The first-order valence-corrected chi connectivity index (χ1v) is 10.4. The first kappa shape index (κ1) is 20.1. The normalized spacial score (nSPS) is 27.3. The molecule has 2 fully saturated rings. The fourth-order valence-corrected chi connectivity index (χ4v) is 4.43. The topological polar surface area (TPSA) is 88.5 Å². The quantitative estimate of drug-likeness (QED) is 0.774. The molecule has 2 atom stereocenters. The summed E-state index contributed by atoms with van der Waals surface area (Å²) in [4.78, 5) is 28.3. The third-order valence-electron chi connectivity index (χ3n) is 6.05. The van der Waals surface area contributed by atoms with Gasteiger partial charge >= 0.3 is 6.09 Å². The van der Waals surface area contributed by atoms with Crippen molar-refractivity contribution in [1.29, 1.82) is 0 Å². The minimum absolute atomic E-state index is 0.115. The Kier molecular flexibility index (Phi) is 5.23. The molecule has 3 heterocycles. The number of fused-ring (bicyclic) bond motifs is 1. The molecule has 2 unspecified atom stereocenters. The van der Waals surface area contributed by atoms with Crippen molar-refractivity contribution in [1.82, 2.24) is 9.80 Å². The molecular weight excluding hydrogens is 376 g/mol. The number of amides is 2. The van der Waals surface area contributed by atoms with Crippen LogP contribution in [0.4, 0.5) is 4.79 Å². The zero-order valence-corrected chi connectivity index (χ0v) is 17.3. The summed E-state index contributed by atoms with van der Waals surface area (Å²) in [5.41, 5.74) is 0.123. The SMILES string of the molecule is CC(C)(C)OC(=O)N1CCC(CCN2C(=O)C3=CC4=C(CC3C2O)OCO4)CC1. The van der Waals surface area contributed by atoms with Gasteiger partial charge in [-0.25, -0.2) is 4.79 Å². The van der Waals surface area contributed by atoms with Crippen LogP contribution in [-0.4, -0.2) is 65.2 Å². The summed E-state index contributed by atoms with van der Waals surface area (Å²) in [6, 6.07) is 0. The number of aliphatic hydroxyl groups is 1. The number of allylic oxidation sites excluding steroid dienone is 2. The van der Waals surface area contributed by atoms with Gasteiger partial charge in [0, 0.05) is 37.5 Å². The predicted molar refractivity (Wildman–Crippen MR) is 103 cm³/mol. The molecule has 2 amide bonds. The Labute approximate surface area is 171 Å². The van der Waals surface area contributed by atoms with Crippen LogP contribution in [0.1, 0.15) is 46.5 Å². The highest BCUT2D eigenvalue weighted by molar-refractivity contribution is 5.97. The van der Waals surface area contributed by atoms with Crippen molar-refractivity contribution in [2.75, 3.05) is 26.4 Å². The second-order valence-electron chi connectivity index (χ2n) is 9.22. The van der Waals surface area contributed by atoms with Gasteiger partial charge in [0.15, 0.2) is 5.76 Å². The van der Waals surface area contributed by atoms with Crippen molar-refractivity contribution in [3.63, 3.8) is 0 Å². The van der Waals surface area contributed by atoms with E-state index in [1.54, 1.807) is 15.9 Å². The molecule has 0 aromatic rings. The second kappa shape index (κ2) is 7.55. The first-order valence-electron chi connectivity index (χ1n) is 10.4. The van der Waals surface area contributed by atoms with Crippen molar-refractivity contribution in [3.05, 3.63) is 23.2 Å². The number of rotatable bonds is 3. The van der Waals surface area contributed by atoms with Gasteiger partial charge in [0.25, 0.3) is 5.91 Å². The van der Waals surface area contributed by atoms with Crippen LogP contribution in [0.5, 0.6) is 0 Å². The van der Waals surface area contributed by atoms with Crippen LogP contribution in [0.25, 0.3) is 0 Å². The minimum Gasteiger partial charge on any atom is -0.458 e. The number of aliphatic hydroxyl groups excluding tert-OH is 1. The number of hydrogen-bond acceptors (Lipinski definition) is 6. The van der Waals surface area contributed by atoms with Gasteiger partial charge in [-0.3, -0.25) is 4.79 Å². The molecule has 0 bridgehead atoms. The molecule has 0 saturated carbocycles. The Morgan fingerprint density at radius 1 is 1.28 bits per heavy atom. The number of nitrogens with zero attached hydrogens (tertiary/aromatic N) is 2. The summed E-state index contributed by atoms with van der Waals surface area (Å²) < 4.78 is 16.3. The summed E-state index contributed by atoms with van der Waals surface area (Å²) in [6.45, 7) is 7.61. The maximum absolute atomic E-state index is 12.8. The average molecular weight is 406 g/mol. The van der Waals surface area contributed by atoms with Crippen LogP contribution in [0, 0.1) is 11.8 Å². The van der Waals surface area contributed by atoms with Gasteiger partial charge in [0.1, 0.15) is 17.6 Å². The Morgan fingerprint density at radius 2 is 2.00 bits per heavy atom. The largest absolute Gasteiger partial charge is 0.458 e. The maximum Gasteiger partial charge on any atom is 0.410 e. The third-order valence-corrected chi connectivity index (χ3v) is 6.05. The predicted octanol–water partition coefficient (Wildman–Crippen LogP) is 2.35. The van der Waals surface area contributed by atoms with Gasteiger partial charge in [-0.05, 0) is 52.0 Å². The van der Waals surface area contributed by atoms with Gasteiger partial charge in [0.05, 0.1) is 0 Å². The lowest BCUT2D eigenvalue weighted by molar-refractivity contribution is -0.132. The number of carbonyl (C=O) groups is 2. The molecule has 160 valence electrons. The minimum atomic E-state index is -0.825. The Morgan fingerprint density at radius 3 is 2.69 bits per heavy atom. The lowest BCUT2D eigenvalue weighted by Crippen LogP contribution is -2.42. The van der Waals surface area contributed by atoms with Crippen LogP contribution in [0.3, 0.4) is 0 Å². The van der Waals surface area contributed by atoms with E-state index in [4.69, 9.17) is 14.2 Å². The van der Waals surface area contributed by atoms with Crippen LogP contribution >= 0.6 is 0 Å². The molecule has 8 heteroatoms. The summed E-state index contributed by atoms with van der Waals surface area (Å²) >= 11 is 0. The Hall–Kier alpha value is -2.22. The molecule has 3 aliphatic heterocycles. The number of carbonyl (C=O) groups excluding carboxylic acids is 2. The fourth-order valence-electron chi connectivity index (χ4n) is 4.43. The summed E-state index contributed by atoms with van der Waals surface area (Å²) in [5, 5.41) is 10.7. The van der Waals surface area contributed by atoms with Crippen LogP contribution in [-0.2, 0) is 19.0 Å². The second-order valence-corrected chi connectivity index (χ2v) is 9.22. The van der Waals surface area contributed by atoms with E-state index < -0.39 is 11.8 Å². The van der Waals surface area contributed by atoms with Crippen LogP contribution in [0.15, 0.2) is 23.2 Å². The maximum atomic E-state index is 12.8. The van der Waals surface area contributed by atoms with E-state index in [-0.39, 0.29) is 24.7 Å². The van der Waals surface area contributed by atoms with Crippen molar-refractivity contribution in [2.45, 2.75) is 58.3 Å².